The monoisotopic (exact) mass is 1130 g/mol. The second kappa shape index (κ2) is 68.5. The number of hydrogen-bond acceptors (Lipinski definition) is 6. The molecule has 0 amide bonds. The van der Waals surface area contributed by atoms with Gasteiger partial charge in [0.05, 0.1) is 0 Å². The Bertz CT molecular complexity index is 1830. The van der Waals surface area contributed by atoms with Gasteiger partial charge >= 0.3 is 17.9 Å². The summed E-state index contributed by atoms with van der Waals surface area (Å²) in [5.41, 5.74) is 0. The summed E-state index contributed by atoms with van der Waals surface area (Å²) < 4.78 is 16.9. The van der Waals surface area contributed by atoms with Crippen LogP contribution in [0.1, 0.15) is 284 Å². The molecule has 0 aliphatic heterocycles. The summed E-state index contributed by atoms with van der Waals surface area (Å²) in [6.45, 7) is 6.36. The van der Waals surface area contributed by atoms with Crippen molar-refractivity contribution in [3.63, 3.8) is 0 Å². The van der Waals surface area contributed by atoms with E-state index in [1.807, 2.05) is 0 Å². The molecule has 0 radical (unpaired) electrons. The van der Waals surface area contributed by atoms with E-state index >= 15 is 0 Å². The Morgan fingerprint density at radius 2 is 0.476 bits per heavy atom. The Hall–Kier alpha value is -4.97. The van der Waals surface area contributed by atoms with E-state index in [1.54, 1.807) is 0 Å². The van der Waals surface area contributed by atoms with Crippen LogP contribution in [-0.4, -0.2) is 37.2 Å². The average molecular weight is 1130 g/mol. The Morgan fingerprint density at radius 1 is 0.256 bits per heavy atom. The van der Waals surface area contributed by atoms with E-state index in [1.165, 1.54) is 96.3 Å². The highest BCUT2D eigenvalue weighted by Crippen LogP contribution is 2.16. The number of ether oxygens (including phenoxy) is 3. The third-order valence-electron chi connectivity index (χ3n) is 13.8. The van der Waals surface area contributed by atoms with Gasteiger partial charge in [0, 0.05) is 19.3 Å². The van der Waals surface area contributed by atoms with Gasteiger partial charge in [-0.05, 0) is 128 Å². The van der Waals surface area contributed by atoms with Crippen LogP contribution in [0.3, 0.4) is 0 Å². The number of allylic oxidation sites excluding steroid dienone is 26. The maximum Gasteiger partial charge on any atom is 0.306 e. The van der Waals surface area contributed by atoms with Gasteiger partial charge < -0.3 is 14.2 Å². The van der Waals surface area contributed by atoms with Crippen LogP contribution in [0.2, 0.25) is 0 Å². The molecule has 0 heterocycles. The normalized spacial score (nSPS) is 13.2. The predicted molar refractivity (Wildman–Crippen MR) is 357 cm³/mol. The number of esters is 3. The minimum atomic E-state index is -0.824. The van der Waals surface area contributed by atoms with Crippen molar-refractivity contribution >= 4 is 17.9 Å². The van der Waals surface area contributed by atoms with Gasteiger partial charge in [0.25, 0.3) is 0 Å². The van der Waals surface area contributed by atoms with Crippen LogP contribution in [0.4, 0.5) is 0 Å². The molecule has 0 aromatic heterocycles. The highest BCUT2D eigenvalue weighted by atomic mass is 16.6. The SMILES string of the molecule is CC/C=C\C/C=C\C/C=C\C/C=C\C/C=C\C/C=C\C/C=C\CCCCCC(=O)OCC(COC(=O)CCCCCCCCCCCCCCCCCCCC)OC(=O)CCCC/C=C\C/C=C\C/C=C\C/C=C\C/C=C\C/C=C\CC. The molecule has 462 valence electrons. The van der Waals surface area contributed by atoms with E-state index in [0.29, 0.717) is 19.3 Å². The first-order valence-corrected chi connectivity index (χ1v) is 33.5. The molecule has 0 aromatic rings. The summed E-state index contributed by atoms with van der Waals surface area (Å²) in [6.07, 6.45) is 99.6. The van der Waals surface area contributed by atoms with Gasteiger partial charge in [-0.1, -0.05) is 294 Å². The quantitative estimate of drug-likeness (QED) is 0.0261. The summed E-state index contributed by atoms with van der Waals surface area (Å²) in [7, 11) is 0. The van der Waals surface area contributed by atoms with Gasteiger partial charge in [-0.15, -0.1) is 0 Å². The molecule has 0 aromatic carbocycles. The van der Waals surface area contributed by atoms with Crippen LogP contribution in [0.5, 0.6) is 0 Å². The van der Waals surface area contributed by atoms with Crippen molar-refractivity contribution in [3.05, 3.63) is 158 Å². The molecule has 6 heteroatoms. The minimum Gasteiger partial charge on any atom is -0.462 e. The fourth-order valence-corrected chi connectivity index (χ4v) is 8.84. The lowest BCUT2D eigenvalue weighted by Gasteiger charge is -2.18. The molecule has 0 aliphatic rings. The summed E-state index contributed by atoms with van der Waals surface area (Å²) in [5.74, 6) is -0.986. The van der Waals surface area contributed by atoms with Crippen molar-refractivity contribution in [2.45, 2.75) is 290 Å². The molecule has 0 saturated heterocycles. The first kappa shape index (κ1) is 77.0. The summed E-state index contributed by atoms with van der Waals surface area (Å²) >= 11 is 0. The number of rotatable bonds is 59. The largest absolute Gasteiger partial charge is 0.462 e. The molecular formula is C76H122O6. The second-order valence-electron chi connectivity index (χ2n) is 21.6. The Morgan fingerprint density at radius 3 is 0.768 bits per heavy atom. The molecule has 0 aliphatic carbocycles. The molecule has 6 nitrogen and oxygen atoms in total. The van der Waals surface area contributed by atoms with E-state index in [4.69, 9.17) is 14.2 Å². The fraction of sp³-hybridized carbons (Fsp3) is 0.618. The molecular weight excluding hydrogens is 1010 g/mol. The number of carbonyl (C=O) groups excluding carboxylic acids is 3. The third-order valence-corrected chi connectivity index (χ3v) is 13.8. The molecule has 0 bridgehead atoms. The Kier molecular flexibility index (Phi) is 64.4. The number of hydrogen-bond donors (Lipinski definition) is 0. The Balaban J connectivity index is 4.55. The summed E-state index contributed by atoms with van der Waals surface area (Å²) in [6, 6.07) is 0. The zero-order valence-electron chi connectivity index (χ0n) is 52.9. The number of unbranched alkanes of at least 4 members (excludes halogenated alkanes) is 22. The van der Waals surface area contributed by atoms with Gasteiger partial charge in [-0.2, -0.15) is 0 Å². The molecule has 0 saturated carbocycles. The second-order valence-corrected chi connectivity index (χ2v) is 21.6. The molecule has 82 heavy (non-hydrogen) atoms. The molecule has 0 rings (SSSR count). The van der Waals surface area contributed by atoms with Crippen molar-refractivity contribution in [2.75, 3.05) is 13.2 Å². The van der Waals surface area contributed by atoms with Gasteiger partial charge in [-0.25, -0.2) is 0 Å². The molecule has 1 unspecified atom stereocenters. The molecule has 0 fully saturated rings. The lowest BCUT2D eigenvalue weighted by atomic mass is 10.0. The van der Waals surface area contributed by atoms with Crippen molar-refractivity contribution < 1.29 is 28.6 Å². The zero-order chi connectivity index (χ0) is 59.2. The fourth-order valence-electron chi connectivity index (χ4n) is 8.84. The van der Waals surface area contributed by atoms with E-state index in [-0.39, 0.29) is 37.5 Å². The van der Waals surface area contributed by atoms with E-state index in [2.05, 4.69) is 179 Å². The van der Waals surface area contributed by atoms with Crippen LogP contribution >= 0.6 is 0 Å². The lowest BCUT2D eigenvalue weighted by Crippen LogP contribution is -2.30. The smallest absolute Gasteiger partial charge is 0.306 e. The van der Waals surface area contributed by atoms with Gasteiger partial charge in [0.15, 0.2) is 6.10 Å². The van der Waals surface area contributed by atoms with Gasteiger partial charge in [0.1, 0.15) is 13.2 Å². The maximum atomic E-state index is 12.9. The van der Waals surface area contributed by atoms with E-state index < -0.39 is 6.10 Å². The summed E-state index contributed by atoms with van der Waals surface area (Å²) in [5, 5.41) is 0. The predicted octanol–water partition coefficient (Wildman–Crippen LogP) is 23.3. The average Bonchev–Trinajstić information content (AvgIpc) is 3.47. The van der Waals surface area contributed by atoms with E-state index in [0.717, 1.165) is 141 Å². The highest BCUT2D eigenvalue weighted by molar-refractivity contribution is 5.71. The van der Waals surface area contributed by atoms with Crippen LogP contribution in [0.15, 0.2) is 158 Å². The van der Waals surface area contributed by atoms with Crippen molar-refractivity contribution in [3.8, 4) is 0 Å². The maximum absolute atomic E-state index is 12.9. The van der Waals surface area contributed by atoms with Crippen LogP contribution < -0.4 is 0 Å². The molecule has 1 atom stereocenters. The van der Waals surface area contributed by atoms with Crippen LogP contribution in [0, 0.1) is 0 Å². The third kappa shape index (κ3) is 65.8. The van der Waals surface area contributed by atoms with E-state index in [9.17, 15) is 14.4 Å². The summed E-state index contributed by atoms with van der Waals surface area (Å²) in [4.78, 5) is 38.4. The topological polar surface area (TPSA) is 78.9 Å². The first-order chi connectivity index (χ1) is 40.5. The van der Waals surface area contributed by atoms with Gasteiger partial charge in [-0.3, -0.25) is 14.4 Å². The lowest BCUT2D eigenvalue weighted by molar-refractivity contribution is -0.167. The van der Waals surface area contributed by atoms with Crippen molar-refractivity contribution in [2.24, 2.45) is 0 Å². The van der Waals surface area contributed by atoms with Crippen molar-refractivity contribution in [1.29, 1.82) is 0 Å². The molecule has 0 N–H and O–H groups in total. The van der Waals surface area contributed by atoms with Crippen molar-refractivity contribution in [1.82, 2.24) is 0 Å². The van der Waals surface area contributed by atoms with Crippen LogP contribution in [0.25, 0.3) is 0 Å². The highest BCUT2D eigenvalue weighted by Gasteiger charge is 2.19. The number of carbonyl (C=O) groups is 3. The first-order valence-electron chi connectivity index (χ1n) is 33.5. The minimum absolute atomic E-state index is 0.111. The standard InChI is InChI=1S/C76H122O6/c1-4-7-10-13-16-19-22-25-28-31-34-36-37-38-39-41-42-45-48-51-54-57-60-63-66-69-75(78)81-72-73(71-80-74(77)68-65-62-59-56-53-50-47-44-33-30-27-24-21-18-15-12-9-6-3)82-76(79)70-67-64-61-58-55-52-49-46-43-40-35-32-29-26-23-20-17-14-11-8-5-2/h7-8,10-11,16-17,19-20,25-26,28-29,34-36,38-40,42,45-46,49,51,54-55,58,73H,4-6,9,12-15,18,21-24,27,30-33,37,41,43-44,47-48,50,52-53,56-57,59-72H2,1-3H3/b10-7-,11-8-,19-16-,20-17-,28-25-,29-26-,36-34-,39-38-,40-35-,45-42-,49-46-,54-51-,58-55-. The van der Waals surface area contributed by atoms with Crippen LogP contribution in [-0.2, 0) is 28.6 Å². The van der Waals surface area contributed by atoms with Gasteiger partial charge in [0.2, 0.25) is 0 Å². The Labute approximate surface area is 505 Å². The molecule has 0 spiro atoms. The zero-order valence-corrected chi connectivity index (χ0v) is 52.9.